The molecule has 0 aliphatic rings. The van der Waals surface area contributed by atoms with Crippen LogP contribution in [0, 0.1) is 20.8 Å². The van der Waals surface area contributed by atoms with Gasteiger partial charge in [-0.1, -0.05) is 30.3 Å². The van der Waals surface area contributed by atoms with Crippen LogP contribution in [0.3, 0.4) is 0 Å². The van der Waals surface area contributed by atoms with E-state index in [4.69, 9.17) is 9.15 Å². The molecule has 2 heterocycles. The Bertz CT molecular complexity index is 973. The van der Waals surface area contributed by atoms with Crippen molar-refractivity contribution in [3.63, 3.8) is 0 Å². The quantitative estimate of drug-likeness (QED) is 0.636. The number of furan rings is 1. The predicted molar refractivity (Wildman–Crippen MR) is 103 cm³/mol. The van der Waals surface area contributed by atoms with Gasteiger partial charge >= 0.3 is 5.97 Å². The molecule has 146 valence electrons. The molecule has 0 fully saturated rings. The van der Waals surface area contributed by atoms with E-state index >= 15 is 0 Å². The summed E-state index contributed by atoms with van der Waals surface area (Å²) in [5.74, 6) is -0.490. The molecule has 1 aromatic carbocycles. The maximum absolute atomic E-state index is 12.1. The van der Waals surface area contributed by atoms with E-state index in [9.17, 15) is 9.59 Å². The number of carbonyl (C=O) groups excluding carboxylic acids is 2. The largest absolute Gasteiger partial charge is 0.469 e. The predicted octanol–water partition coefficient (Wildman–Crippen LogP) is 2.92. The molecule has 3 rings (SSSR count). The van der Waals surface area contributed by atoms with Crippen LogP contribution >= 0.6 is 0 Å². The molecule has 28 heavy (non-hydrogen) atoms. The summed E-state index contributed by atoms with van der Waals surface area (Å²) in [6, 6.07) is 11.6. The maximum Gasteiger partial charge on any atom is 0.342 e. The number of nitrogens with one attached hydrogen (secondary N) is 1. The van der Waals surface area contributed by atoms with Gasteiger partial charge in [0.15, 0.2) is 6.61 Å². The van der Waals surface area contributed by atoms with Gasteiger partial charge in [-0.3, -0.25) is 9.48 Å². The molecule has 0 saturated carbocycles. The van der Waals surface area contributed by atoms with Crippen molar-refractivity contribution in [3.05, 3.63) is 76.5 Å². The third kappa shape index (κ3) is 4.49. The van der Waals surface area contributed by atoms with Gasteiger partial charge in [-0.2, -0.15) is 5.10 Å². The number of benzene rings is 1. The minimum Gasteiger partial charge on any atom is -0.469 e. The fraction of sp³-hybridized carbons (Fsp3) is 0.286. The number of hydrogen-bond donors (Lipinski definition) is 1. The second kappa shape index (κ2) is 8.56. The van der Waals surface area contributed by atoms with Crippen LogP contribution in [0.4, 0.5) is 0 Å². The maximum atomic E-state index is 12.1. The highest BCUT2D eigenvalue weighted by Gasteiger charge is 2.16. The van der Waals surface area contributed by atoms with Gasteiger partial charge in [0.1, 0.15) is 11.3 Å². The Morgan fingerprint density at radius 2 is 1.89 bits per heavy atom. The van der Waals surface area contributed by atoms with Gasteiger partial charge in [0.25, 0.3) is 5.91 Å². The first-order valence-electron chi connectivity index (χ1n) is 9.00. The summed E-state index contributed by atoms with van der Waals surface area (Å²) in [6.07, 6.45) is 1.41. The molecule has 7 heteroatoms. The molecular formula is C21H23N3O4. The summed E-state index contributed by atoms with van der Waals surface area (Å²) < 4.78 is 12.0. The molecule has 0 radical (unpaired) electrons. The monoisotopic (exact) mass is 381 g/mol. The Labute approximate surface area is 163 Å². The number of amides is 1. The number of rotatable bonds is 7. The van der Waals surface area contributed by atoms with Crippen LogP contribution in [0.5, 0.6) is 0 Å². The van der Waals surface area contributed by atoms with Crippen LogP contribution < -0.4 is 5.32 Å². The lowest BCUT2D eigenvalue weighted by atomic mass is 10.2. The first-order valence-corrected chi connectivity index (χ1v) is 9.00. The lowest BCUT2D eigenvalue weighted by Crippen LogP contribution is -2.28. The van der Waals surface area contributed by atoms with Gasteiger partial charge < -0.3 is 14.5 Å². The number of carbonyl (C=O) groups is 2. The first-order chi connectivity index (χ1) is 13.5. The van der Waals surface area contributed by atoms with Gasteiger partial charge in [0, 0.05) is 17.8 Å². The highest BCUT2D eigenvalue weighted by molar-refractivity contribution is 5.92. The molecule has 2 aromatic heterocycles. The van der Waals surface area contributed by atoms with E-state index in [1.54, 1.807) is 6.92 Å². The van der Waals surface area contributed by atoms with Crippen molar-refractivity contribution in [2.45, 2.75) is 33.9 Å². The summed E-state index contributed by atoms with van der Waals surface area (Å²) in [6.45, 7) is 6.20. The van der Waals surface area contributed by atoms with Gasteiger partial charge in [0.2, 0.25) is 0 Å². The second-order valence-electron chi connectivity index (χ2n) is 6.54. The van der Waals surface area contributed by atoms with Gasteiger partial charge in [-0.05, 0) is 32.4 Å². The fourth-order valence-electron chi connectivity index (χ4n) is 2.94. The molecular weight excluding hydrogens is 358 g/mol. The topological polar surface area (TPSA) is 86.4 Å². The lowest BCUT2D eigenvalue weighted by Gasteiger charge is -2.08. The summed E-state index contributed by atoms with van der Waals surface area (Å²) in [5.41, 5.74) is 4.29. The molecule has 3 aromatic rings. The number of aromatic nitrogens is 2. The Morgan fingerprint density at radius 1 is 1.14 bits per heavy atom. The van der Waals surface area contributed by atoms with E-state index in [2.05, 4.69) is 10.4 Å². The van der Waals surface area contributed by atoms with Crippen LogP contribution in [0.2, 0.25) is 0 Å². The van der Waals surface area contributed by atoms with Crippen LogP contribution in [0.1, 0.15) is 38.6 Å². The van der Waals surface area contributed by atoms with Crippen molar-refractivity contribution in [1.82, 2.24) is 15.1 Å². The highest BCUT2D eigenvalue weighted by Crippen LogP contribution is 2.15. The zero-order chi connectivity index (χ0) is 20.1. The Balaban J connectivity index is 1.55. The summed E-state index contributed by atoms with van der Waals surface area (Å²) >= 11 is 0. The van der Waals surface area contributed by atoms with Crippen molar-refractivity contribution in [1.29, 1.82) is 0 Å². The molecule has 0 aliphatic heterocycles. The van der Waals surface area contributed by atoms with E-state index in [-0.39, 0.29) is 12.5 Å². The minimum absolute atomic E-state index is 0.321. The van der Waals surface area contributed by atoms with Crippen molar-refractivity contribution in [3.8, 4) is 0 Å². The number of hydrogen-bond acceptors (Lipinski definition) is 5. The SMILES string of the molecule is Cc1nn(Cc2ccccc2)c(C)c1CNC(=O)COC(=O)c1ccoc1C. The van der Waals surface area contributed by atoms with Gasteiger partial charge in [0.05, 0.1) is 18.5 Å². The third-order valence-electron chi connectivity index (χ3n) is 4.58. The van der Waals surface area contributed by atoms with Crippen LogP contribution in [0.25, 0.3) is 0 Å². The fourth-order valence-corrected chi connectivity index (χ4v) is 2.94. The molecule has 0 bridgehead atoms. The molecule has 1 amide bonds. The third-order valence-corrected chi connectivity index (χ3v) is 4.58. The molecule has 0 atom stereocenters. The zero-order valence-electron chi connectivity index (χ0n) is 16.2. The lowest BCUT2D eigenvalue weighted by molar-refractivity contribution is -0.124. The van der Waals surface area contributed by atoms with E-state index < -0.39 is 5.97 Å². The molecule has 0 saturated heterocycles. The summed E-state index contributed by atoms with van der Waals surface area (Å²) in [5, 5.41) is 7.35. The zero-order valence-corrected chi connectivity index (χ0v) is 16.2. The Hall–Kier alpha value is -3.35. The van der Waals surface area contributed by atoms with Gasteiger partial charge in [-0.25, -0.2) is 4.79 Å². The van der Waals surface area contributed by atoms with E-state index in [0.717, 1.165) is 22.5 Å². The molecule has 1 N–H and O–H groups in total. The van der Waals surface area contributed by atoms with Crippen molar-refractivity contribution in [2.24, 2.45) is 0 Å². The average molecular weight is 381 g/mol. The molecule has 0 aliphatic carbocycles. The number of aryl methyl sites for hydroxylation is 2. The first kappa shape index (κ1) is 19.4. The van der Waals surface area contributed by atoms with E-state index in [0.29, 0.717) is 24.4 Å². The minimum atomic E-state index is -0.579. The Morgan fingerprint density at radius 3 is 2.57 bits per heavy atom. The molecule has 7 nitrogen and oxygen atoms in total. The highest BCUT2D eigenvalue weighted by atomic mass is 16.5. The van der Waals surface area contributed by atoms with Gasteiger partial charge in [-0.15, -0.1) is 0 Å². The van der Waals surface area contributed by atoms with Crippen molar-refractivity contribution in [2.75, 3.05) is 6.61 Å². The normalized spacial score (nSPS) is 10.7. The van der Waals surface area contributed by atoms with E-state index in [1.165, 1.54) is 12.3 Å². The van der Waals surface area contributed by atoms with Crippen LogP contribution in [0.15, 0.2) is 47.1 Å². The molecule has 0 unspecified atom stereocenters. The van der Waals surface area contributed by atoms with E-state index in [1.807, 2.05) is 48.9 Å². The number of nitrogens with zero attached hydrogens (tertiary/aromatic N) is 2. The Kier molecular flexibility index (Phi) is 5.93. The number of esters is 1. The molecule has 0 spiro atoms. The number of ether oxygens (including phenoxy) is 1. The summed E-state index contributed by atoms with van der Waals surface area (Å²) in [7, 11) is 0. The van der Waals surface area contributed by atoms with Crippen LogP contribution in [-0.4, -0.2) is 28.3 Å². The summed E-state index contributed by atoms with van der Waals surface area (Å²) in [4.78, 5) is 24.0. The van der Waals surface area contributed by atoms with Crippen LogP contribution in [-0.2, 0) is 22.6 Å². The standard InChI is InChI=1S/C21H23N3O4/c1-14-19(15(2)24(23-14)12-17-7-5-4-6-8-17)11-22-20(25)13-28-21(26)18-9-10-27-16(18)3/h4-10H,11-13H2,1-3H3,(H,22,25). The van der Waals surface area contributed by atoms with Crippen molar-refractivity contribution < 1.29 is 18.7 Å². The van der Waals surface area contributed by atoms with Crippen molar-refractivity contribution >= 4 is 11.9 Å². The average Bonchev–Trinajstić information content (AvgIpc) is 3.22. The second-order valence-corrected chi connectivity index (χ2v) is 6.54. The smallest absolute Gasteiger partial charge is 0.342 e.